The zero-order chi connectivity index (χ0) is 21.8. The third-order valence-electron chi connectivity index (χ3n) is 5.56. The maximum absolute atomic E-state index is 12.8. The lowest BCUT2D eigenvalue weighted by Crippen LogP contribution is -2.49. The number of nitrogens with zero attached hydrogens (tertiary/aromatic N) is 2. The first-order valence-electron chi connectivity index (χ1n) is 11.0. The molecule has 31 heavy (non-hydrogen) atoms. The summed E-state index contributed by atoms with van der Waals surface area (Å²) in [5, 5.41) is 6.84. The molecule has 1 aromatic rings. The van der Waals surface area contributed by atoms with Crippen LogP contribution in [0.4, 0.5) is 0 Å². The second-order valence-electron chi connectivity index (χ2n) is 8.03. The molecule has 7 nitrogen and oxygen atoms in total. The van der Waals surface area contributed by atoms with Gasteiger partial charge in [-0.3, -0.25) is 4.79 Å². The SMILES string of the molecule is CCOCCCNC(=NCc1ccc(OC)cc1)NCC1(C(=O)N(C)C)CCCC1.I. The van der Waals surface area contributed by atoms with Crippen molar-refractivity contribution in [3.8, 4) is 5.75 Å². The number of carbonyl (C=O) groups is 1. The molecule has 0 unspecified atom stereocenters. The van der Waals surface area contributed by atoms with Gasteiger partial charge < -0.3 is 25.0 Å². The lowest BCUT2D eigenvalue weighted by Gasteiger charge is -2.31. The maximum Gasteiger partial charge on any atom is 0.230 e. The molecule has 8 heteroatoms. The summed E-state index contributed by atoms with van der Waals surface area (Å²) in [5.41, 5.74) is 0.767. The van der Waals surface area contributed by atoms with Crippen LogP contribution < -0.4 is 15.4 Å². The Bertz CT molecular complexity index is 674. The molecule has 1 aliphatic rings. The van der Waals surface area contributed by atoms with Gasteiger partial charge in [0.25, 0.3) is 0 Å². The van der Waals surface area contributed by atoms with Gasteiger partial charge >= 0.3 is 0 Å². The van der Waals surface area contributed by atoms with Crippen molar-refractivity contribution in [3.05, 3.63) is 29.8 Å². The third-order valence-corrected chi connectivity index (χ3v) is 5.56. The van der Waals surface area contributed by atoms with Crippen molar-refractivity contribution in [2.45, 2.75) is 45.6 Å². The third kappa shape index (κ3) is 8.84. The molecule has 0 aliphatic heterocycles. The van der Waals surface area contributed by atoms with Crippen molar-refractivity contribution in [3.63, 3.8) is 0 Å². The van der Waals surface area contributed by atoms with E-state index in [1.165, 1.54) is 0 Å². The minimum Gasteiger partial charge on any atom is -0.497 e. The van der Waals surface area contributed by atoms with Gasteiger partial charge in [0.05, 0.1) is 19.1 Å². The van der Waals surface area contributed by atoms with Crippen LogP contribution in [0.15, 0.2) is 29.3 Å². The summed E-state index contributed by atoms with van der Waals surface area (Å²) in [7, 11) is 5.34. The van der Waals surface area contributed by atoms with E-state index in [-0.39, 0.29) is 35.3 Å². The molecule has 1 aliphatic carbocycles. The Labute approximate surface area is 204 Å². The molecule has 0 radical (unpaired) electrons. The molecule has 0 spiro atoms. The standard InChI is InChI=1S/C23H38N4O3.HI/c1-5-30-16-8-15-24-22(25-17-19-9-11-20(29-4)12-10-19)26-18-23(13-6-7-14-23)21(28)27(2)3;/h9-12H,5-8,13-18H2,1-4H3,(H2,24,25,26);1H. The Kier molecular flexibility index (Phi) is 12.9. The first-order chi connectivity index (χ1) is 14.5. The zero-order valence-electron chi connectivity index (χ0n) is 19.4. The summed E-state index contributed by atoms with van der Waals surface area (Å²) in [6.45, 7) is 5.37. The molecular weight excluding hydrogens is 507 g/mol. The number of methoxy groups -OCH3 is 1. The first kappa shape index (κ1) is 27.5. The van der Waals surface area contributed by atoms with Crippen LogP contribution in [0.2, 0.25) is 0 Å². The van der Waals surface area contributed by atoms with Crippen molar-refractivity contribution < 1.29 is 14.3 Å². The van der Waals surface area contributed by atoms with Crippen LogP contribution in [-0.4, -0.2) is 64.3 Å². The van der Waals surface area contributed by atoms with Gasteiger partial charge in [-0.25, -0.2) is 4.99 Å². The van der Waals surface area contributed by atoms with Crippen LogP contribution >= 0.6 is 24.0 Å². The van der Waals surface area contributed by atoms with Crippen LogP contribution in [0.1, 0.15) is 44.6 Å². The van der Waals surface area contributed by atoms with E-state index in [2.05, 4.69) is 10.6 Å². The number of hydrogen-bond acceptors (Lipinski definition) is 4. The number of halogens is 1. The average Bonchev–Trinajstić information content (AvgIpc) is 3.24. The minimum absolute atomic E-state index is 0. The normalized spacial score (nSPS) is 15.2. The van der Waals surface area contributed by atoms with E-state index < -0.39 is 0 Å². The molecule has 1 saturated carbocycles. The highest BCUT2D eigenvalue weighted by Gasteiger charge is 2.42. The van der Waals surface area contributed by atoms with Crippen LogP contribution in [-0.2, 0) is 16.1 Å². The van der Waals surface area contributed by atoms with Gasteiger partial charge in [0.2, 0.25) is 5.91 Å². The maximum atomic E-state index is 12.8. The fourth-order valence-electron chi connectivity index (χ4n) is 3.85. The fourth-order valence-corrected chi connectivity index (χ4v) is 3.85. The van der Waals surface area contributed by atoms with E-state index in [1.54, 1.807) is 12.0 Å². The van der Waals surface area contributed by atoms with Gasteiger partial charge in [-0.2, -0.15) is 0 Å². The van der Waals surface area contributed by atoms with Crippen LogP contribution in [0.25, 0.3) is 0 Å². The highest BCUT2D eigenvalue weighted by Crippen LogP contribution is 2.38. The van der Waals surface area contributed by atoms with E-state index in [9.17, 15) is 4.79 Å². The Morgan fingerprint density at radius 3 is 2.42 bits per heavy atom. The molecule has 2 N–H and O–H groups in total. The molecule has 1 fully saturated rings. The number of amides is 1. The first-order valence-corrected chi connectivity index (χ1v) is 11.0. The van der Waals surface area contributed by atoms with Crippen molar-refractivity contribution >= 4 is 35.8 Å². The minimum atomic E-state index is -0.336. The lowest BCUT2D eigenvalue weighted by atomic mass is 9.84. The number of guanidine groups is 1. The molecule has 1 amide bonds. The number of aliphatic imine (C=N–C) groups is 1. The van der Waals surface area contributed by atoms with Gasteiger partial charge in [0.15, 0.2) is 5.96 Å². The summed E-state index contributed by atoms with van der Waals surface area (Å²) in [6, 6.07) is 7.92. The van der Waals surface area contributed by atoms with Gasteiger partial charge in [-0.15, -0.1) is 24.0 Å². The second kappa shape index (κ2) is 14.5. The molecule has 1 aromatic carbocycles. The quantitative estimate of drug-likeness (QED) is 0.193. The van der Waals surface area contributed by atoms with Gasteiger partial charge in [0, 0.05) is 40.4 Å². The molecule has 2 rings (SSSR count). The number of benzene rings is 1. The van der Waals surface area contributed by atoms with Crippen molar-refractivity contribution in [1.29, 1.82) is 0 Å². The molecule has 0 heterocycles. The van der Waals surface area contributed by atoms with Crippen molar-refractivity contribution in [2.75, 3.05) is 47.5 Å². The van der Waals surface area contributed by atoms with Crippen LogP contribution in [0.3, 0.4) is 0 Å². The highest BCUT2D eigenvalue weighted by molar-refractivity contribution is 14.0. The molecule has 0 bridgehead atoms. The smallest absolute Gasteiger partial charge is 0.230 e. The highest BCUT2D eigenvalue weighted by atomic mass is 127. The zero-order valence-corrected chi connectivity index (χ0v) is 21.7. The predicted molar refractivity (Wildman–Crippen MR) is 136 cm³/mol. The summed E-state index contributed by atoms with van der Waals surface area (Å²) in [6.07, 6.45) is 4.95. The molecule has 176 valence electrons. The van der Waals surface area contributed by atoms with Crippen LogP contribution in [0.5, 0.6) is 5.75 Å². The number of hydrogen-bond donors (Lipinski definition) is 2. The fraction of sp³-hybridized carbons (Fsp3) is 0.652. The number of nitrogens with one attached hydrogen (secondary N) is 2. The molecular formula is C23H39IN4O3. The van der Waals surface area contributed by atoms with E-state index in [0.717, 1.165) is 69.1 Å². The van der Waals surface area contributed by atoms with Gasteiger partial charge in [-0.1, -0.05) is 25.0 Å². The van der Waals surface area contributed by atoms with Crippen molar-refractivity contribution in [2.24, 2.45) is 10.4 Å². The Balaban J connectivity index is 0.00000480. The Morgan fingerprint density at radius 1 is 1.16 bits per heavy atom. The lowest BCUT2D eigenvalue weighted by molar-refractivity contribution is -0.138. The Morgan fingerprint density at radius 2 is 1.84 bits per heavy atom. The van der Waals surface area contributed by atoms with Crippen molar-refractivity contribution in [1.82, 2.24) is 15.5 Å². The molecule has 0 aromatic heterocycles. The summed E-state index contributed by atoms with van der Waals surface area (Å²) in [4.78, 5) is 19.3. The molecule has 0 saturated heterocycles. The summed E-state index contributed by atoms with van der Waals surface area (Å²) >= 11 is 0. The number of rotatable bonds is 11. The number of carbonyl (C=O) groups excluding carboxylic acids is 1. The van der Waals surface area contributed by atoms with E-state index >= 15 is 0 Å². The van der Waals surface area contributed by atoms with E-state index in [1.807, 2.05) is 45.3 Å². The summed E-state index contributed by atoms with van der Waals surface area (Å²) < 4.78 is 10.6. The van der Waals surface area contributed by atoms with Crippen LogP contribution in [0, 0.1) is 5.41 Å². The molecule has 0 atom stereocenters. The van der Waals surface area contributed by atoms with Gasteiger partial charge in [0.1, 0.15) is 5.75 Å². The van der Waals surface area contributed by atoms with Gasteiger partial charge in [-0.05, 0) is 43.9 Å². The van der Waals surface area contributed by atoms with E-state index in [4.69, 9.17) is 14.5 Å². The largest absolute Gasteiger partial charge is 0.497 e. The van der Waals surface area contributed by atoms with E-state index in [0.29, 0.717) is 13.1 Å². The second-order valence-corrected chi connectivity index (χ2v) is 8.03. The predicted octanol–water partition coefficient (Wildman–Crippen LogP) is 3.42. The topological polar surface area (TPSA) is 75.2 Å². The summed E-state index contributed by atoms with van der Waals surface area (Å²) in [5.74, 6) is 1.78. The Hall–Kier alpha value is -1.55. The monoisotopic (exact) mass is 546 g/mol. The number of ether oxygens (including phenoxy) is 2. The average molecular weight is 546 g/mol.